The van der Waals surface area contributed by atoms with Crippen LogP contribution in [0.25, 0.3) is 22.4 Å². The molecule has 11 nitrogen and oxygen atoms in total. The van der Waals surface area contributed by atoms with E-state index in [1.807, 2.05) is 30.3 Å². The summed E-state index contributed by atoms with van der Waals surface area (Å²) in [6, 6.07) is 21.5. The maximum absolute atomic E-state index is 12.9. The zero-order chi connectivity index (χ0) is 28.3. The number of carbonyl (C=O) groups excluding carboxylic acids is 2. The van der Waals surface area contributed by atoms with Crippen LogP contribution in [0.2, 0.25) is 0 Å². The summed E-state index contributed by atoms with van der Waals surface area (Å²) in [4.78, 5) is 33.5. The minimum atomic E-state index is -3.90. The zero-order valence-corrected chi connectivity index (χ0v) is 22.4. The third kappa shape index (κ3) is 5.86. The summed E-state index contributed by atoms with van der Waals surface area (Å²) in [6.07, 6.45) is -0.833. The number of rotatable bonds is 9. The van der Waals surface area contributed by atoms with Crippen LogP contribution in [-0.2, 0) is 19.6 Å². The number of imidazole rings is 1. The Morgan fingerprint density at radius 2 is 1.77 bits per heavy atom. The number of aromatic nitrogens is 3. The van der Waals surface area contributed by atoms with Crippen molar-refractivity contribution in [1.29, 1.82) is 0 Å². The van der Waals surface area contributed by atoms with Gasteiger partial charge in [-0.2, -0.15) is 0 Å². The number of benzene rings is 3. The maximum Gasteiger partial charge on any atom is 0.338 e. The highest BCUT2D eigenvalue weighted by atomic mass is 32.2. The van der Waals surface area contributed by atoms with Crippen molar-refractivity contribution < 1.29 is 27.3 Å². The topological polar surface area (TPSA) is 156 Å². The predicted molar refractivity (Wildman–Crippen MR) is 148 cm³/mol. The Morgan fingerprint density at radius 1 is 1.02 bits per heavy atom. The number of carbonyl (C=O) groups is 2. The van der Waals surface area contributed by atoms with Crippen molar-refractivity contribution in [3.63, 3.8) is 0 Å². The Bertz CT molecular complexity index is 1780. The zero-order valence-electron chi connectivity index (χ0n) is 21.5. The van der Waals surface area contributed by atoms with E-state index >= 15 is 0 Å². The molecule has 0 saturated heterocycles. The highest BCUT2D eigenvalue weighted by molar-refractivity contribution is 7.92. The summed E-state index contributed by atoms with van der Waals surface area (Å²) in [6.45, 7) is 3.36. The van der Waals surface area contributed by atoms with Crippen molar-refractivity contribution in [2.45, 2.75) is 31.3 Å². The van der Waals surface area contributed by atoms with E-state index in [1.54, 1.807) is 32.0 Å². The summed E-state index contributed by atoms with van der Waals surface area (Å²) in [5.41, 5.74) is 2.87. The molecule has 0 aliphatic heterocycles. The molecular weight excluding hydrogens is 534 g/mol. The molecule has 0 bridgehead atoms. The lowest BCUT2D eigenvalue weighted by Crippen LogP contribution is -2.32. The molecule has 204 valence electrons. The third-order valence-corrected chi connectivity index (χ3v) is 7.35. The third-order valence-electron chi connectivity index (χ3n) is 5.98. The van der Waals surface area contributed by atoms with Crippen LogP contribution in [0.15, 0.2) is 88.3 Å². The average Bonchev–Trinajstić information content (AvgIpc) is 3.57. The van der Waals surface area contributed by atoms with Crippen LogP contribution in [0, 0.1) is 6.92 Å². The number of ether oxygens (including phenoxy) is 1. The standard InChI is InChI=1S/C28H25N5O6S/c1-3-24(27(34)29-20-10-12-21(13-11-20)40(36,37)33-25-15-17(2)39-32-25)38-28(35)19-9-14-22-23(16-19)31-26(30-22)18-7-5-4-6-8-18/h4-16,24H,3H2,1-2H3,(H,29,34)(H,30,31)(H,32,33). The van der Waals surface area contributed by atoms with Gasteiger partial charge in [-0.25, -0.2) is 18.2 Å². The Morgan fingerprint density at radius 3 is 2.45 bits per heavy atom. The van der Waals surface area contributed by atoms with Gasteiger partial charge in [0.1, 0.15) is 11.6 Å². The molecule has 3 N–H and O–H groups in total. The van der Waals surface area contributed by atoms with Crippen molar-refractivity contribution in [1.82, 2.24) is 15.1 Å². The highest BCUT2D eigenvalue weighted by Crippen LogP contribution is 2.22. The van der Waals surface area contributed by atoms with E-state index in [2.05, 4.69) is 25.2 Å². The van der Waals surface area contributed by atoms with Crippen molar-refractivity contribution in [2.24, 2.45) is 0 Å². The first-order valence-electron chi connectivity index (χ1n) is 12.3. The fourth-order valence-electron chi connectivity index (χ4n) is 3.94. The Hall–Kier alpha value is -4.97. The first-order chi connectivity index (χ1) is 19.2. The summed E-state index contributed by atoms with van der Waals surface area (Å²) in [5.74, 6) is -0.00596. The lowest BCUT2D eigenvalue weighted by Gasteiger charge is -2.16. The first kappa shape index (κ1) is 26.6. The molecular formula is C28H25N5O6S. The number of aromatic amines is 1. The number of aryl methyl sites for hydroxylation is 1. The SMILES string of the molecule is CCC(OC(=O)c1ccc2nc(-c3ccccc3)[nH]c2c1)C(=O)Nc1ccc(S(=O)(=O)Nc2cc(C)on2)cc1. The van der Waals surface area contributed by atoms with E-state index in [4.69, 9.17) is 9.26 Å². The van der Waals surface area contributed by atoms with Gasteiger partial charge in [0, 0.05) is 17.3 Å². The molecule has 3 aromatic carbocycles. The second-order valence-corrected chi connectivity index (χ2v) is 10.6. The van der Waals surface area contributed by atoms with E-state index < -0.39 is 28.0 Å². The Kier molecular flexibility index (Phi) is 7.34. The van der Waals surface area contributed by atoms with Gasteiger partial charge in [0.15, 0.2) is 11.9 Å². The number of fused-ring (bicyclic) bond motifs is 1. The molecule has 40 heavy (non-hydrogen) atoms. The molecule has 0 radical (unpaired) electrons. The van der Waals surface area contributed by atoms with Gasteiger partial charge in [-0.1, -0.05) is 42.4 Å². The van der Waals surface area contributed by atoms with Gasteiger partial charge in [-0.05, 0) is 55.8 Å². The van der Waals surface area contributed by atoms with E-state index in [0.717, 1.165) is 5.56 Å². The molecule has 0 spiro atoms. The molecule has 12 heteroatoms. The number of nitrogens with one attached hydrogen (secondary N) is 3. The number of esters is 1. The first-order valence-corrected chi connectivity index (χ1v) is 13.8. The monoisotopic (exact) mass is 559 g/mol. The fourth-order valence-corrected chi connectivity index (χ4v) is 4.92. The Labute approximate surface area is 229 Å². The maximum atomic E-state index is 12.9. The molecule has 0 aliphatic carbocycles. The molecule has 5 rings (SSSR count). The lowest BCUT2D eigenvalue weighted by atomic mass is 10.2. The molecule has 0 aliphatic rings. The van der Waals surface area contributed by atoms with Gasteiger partial charge in [0.25, 0.3) is 15.9 Å². The minimum absolute atomic E-state index is 0.0331. The highest BCUT2D eigenvalue weighted by Gasteiger charge is 2.23. The number of H-pyrrole nitrogens is 1. The molecule has 2 aromatic heterocycles. The van der Waals surface area contributed by atoms with Gasteiger partial charge < -0.3 is 19.6 Å². The predicted octanol–water partition coefficient (Wildman–Crippen LogP) is 4.90. The largest absolute Gasteiger partial charge is 0.449 e. The van der Waals surface area contributed by atoms with Crippen LogP contribution in [0.5, 0.6) is 0 Å². The number of hydrogen-bond acceptors (Lipinski definition) is 8. The second kappa shape index (κ2) is 11.0. The van der Waals surface area contributed by atoms with Crippen LogP contribution < -0.4 is 10.0 Å². The van der Waals surface area contributed by atoms with Crippen molar-refractivity contribution in [2.75, 3.05) is 10.0 Å². The van der Waals surface area contributed by atoms with Crippen LogP contribution >= 0.6 is 0 Å². The molecule has 2 heterocycles. The van der Waals surface area contributed by atoms with Crippen LogP contribution in [-0.4, -0.2) is 41.5 Å². The van der Waals surface area contributed by atoms with E-state index in [9.17, 15) is 18.0 Å². The molecule has 5 aromatic rings. The molecule has 1 atom stereocenters. The molecule has 0 fully saturated rings. The van der Waals surface area contributed by atoms with Crippen LogP contribution in [0.4, 0.5) is 11.5 Å². The number of sulfonamides is 1. The molecule has 1 unspecified atom stereocenters. The fraction of sp³-hybridized carbons (Fsp3) is 0.143. The summed E-state index contributed by atoms with van der Waals surface area (Å²) in [7, 11) is -3.90. The normalized spacial score (nSPS) is 12.2. The van der Waals surface area contributed by atoms with Crippen LogP contribution in [0.1, 0.15) is 29.5 Å². The van der Waals surface area contributed by atoms with E-state index in [1.165, 1.54) is 30.3 Å². The van der Waals surface area contributed by atoms with Gasteiger partial charge in [-0.3, -0.25) is 9.52 Å². The van der Waals surface area contributed by atoms with Crippen LogP contribution in [0.3, 0.4) is 0 Å². The van der Waals surface area contributed by atoms with Gasteiger partial charge in [0.2, 0.25) is 0 Å². The number of hydrogen-bond donors (Lipinski definition) is 3. The number of amides is 1. The van der Waals surface area contributed by atoms with Crippen molar-refractivity contribution >= 4 is 44.4 Å². The summed E-state index contributed by atoms with van der Waals surface area (Å²) < 4.78 is 37.8. The van der Waals surface area contributed by atoms with Gasteiger partial charge in [-0.15, -0.1) is 0 Å². The van der Waals surface area contributed by atoms with E-state index in [-0.39, 0.29) is 22.7 Å². The van der Waals surface area contributed by atoms with E-state index in [0.29, 0.717) is 28.3 Å². The summed E-state index contributed by atoms with van der Waals surface area (Å²) >= 11 is 0. The minimum Gasteiger partial charge on any atom is -0.449 e. The summed E-state index contributed by atoms with van der Waals surface area (Å²) in [5, 5.41) is 6.28. The van der Waals surface area contributed by atoms with Gasteiger partial charge >= 0.3 is 5.97 Å². The average molecular weight is 560 g/mol. The van der Waals surface area contributed by atoms with Gasteiger partial charge in [0.05, 0.1) is 21.5 Å². The number of nitrogens with zero attached hydrogens (tertiary/aromatic N) is 2. The smallest absolute Gasteiger partial charge is 0.338 e. The number of anilines is 2. The quantitative estimate of drug-likeness (QED) is 0.215. The lowest BCUT2D eigenvalue weighted by molar-refractivity contribution is -0.124. The van der Waals surface area contributed by atoms with Crippen molar-refractivity contribution in [3.8, 4) is 11.4 Å². The Balaban J connectivity index is 1.23. The molecule has 1 amide bonds. The van der Waals surface area contributed by atoms with Crippen molar-refractivity contribution in [3.05, 3.63) is 90.2 Å². The second-order valence-electron chi connectivity index (χ2n) is 8.93. The molecule has 0 saturated carbocycles.